The molecule has 1 aromatic heterocycles. The van der Waals surface area contributed by atoms with E-state index in [1.54, 1.807) is 17.7 Å². The van der Waals surface area contributed by atoms with E-state index in [0.717, 1.165) is 52.1 Å². The van der Waals surface area contributed by atoms with Crippen molar-refractivity contribution >= 4 is 5.91 Å². The topological polar surface area (TPSA) is 60.3 Å². The number of methoxy groups -OCH3 is 1. The number of pyridine rings is 1. The molecule has 0 saturated carbocycles. The zero-order valence-corrected chi connectivity index (χ0v) is 22.6. The molecule has 36 heavy (non-hydrogen) atoms. The summed E-state index contributed by atoms with van der Waals surface area (Å²) in [5, 5.41) is 3.26. The fraction of sp³-hybridized carbons (Fsp3) is 0.419. The molecule has 5 heteroatoms. The van der Waals surface area contributed by atoms with Gasteiger partial charge in [0, 0.05) is 17.2 Å². The summed E-state index contributed by atoms with van der Waals surface area (Å²) in [6.07, 6.45) is 2.23. The summed E-state index contributed by atoms with van der Waals surface area (Å²) in [7, 11) is 1.66. The second kappa shape index (κ2) is 9.61. The molecule has 4 rings (SSSR count). The van der Waals surface area contributed by atoms with Crippen LogP contribution < -0.4 is 15.6 Å². The van der Waals surface area contributed by atoms with Gasteiger partial charge >= 0.3 is 0 Å². The molecule has 1 amide bonds. The first-order valence-corrected chi connectivity index (χ1v) is 12.8. The standard InChI is InChI=1S/C31H38N2O3/c1-8-21-18-26(34)33-27(25(21)17-20-13-15-22(36-7)16-14-20)23-11-9-10-12-24(23)28(33)29(35)32-31(5,6)19-30(2,3)4/h9-16,18,28H,8,17,19H2,1-7H3,(H,32,35)/t28-/m1/s1. The number of benzene rings is 2. The number of hydrogen-bond donors (Lipinski definition) is 1. The summed E-state index contributed by atoms with van der Waals surface area (Å²) in [5.41, 5.74) is 5.45. The van der Waals surface area contributed by atoms with E-state index in [1.807, 2.05) is 36.4 Å². The Morgan fingerprint density at radius 2 is 1.69 bits per heavy atom. The zero-order chi connectivity index (χ0) is 26.3. The summed E-state index contributed by atoms with van der Waals surface area (Å²) >= 11 is 0. The third kappa shape index (κ3) is 5.11. The highest BCUT2D eigenvalue weighted by atomic mass is 16.5. The van der Waals surface area contributed by atoms with Gasteiger partial charge in [-0.2, -0.15) is 0 Å². The molecule has 1 atom stereocenters. The van der Waals surface area contributed by atoms with Crippen molar-refractivity contribution in [3.63, 3.8) is 0 Å². The van der Waals surface area contributed by atoms with Crippen LogP contribution in [0.25, 0.3) is 11.3 Å². The Balaban J connectivity index is 1.83. The lowest BCUT2D eigenvalue weighted by Crippen LogP contribution is -2.49. The number of nitrogens with one attached hydrogen (secondary N) is 1. The molecule has 3 aromatic rings. The number of carbonyl (C=O) groups is 1. The van der Waals surface area contributed by atoms with Gasteiger partial charge in [-0.1, -0.05) is 64.1 Å². The molecule has 5 nitrogen and oxygen atoms in total. The van der Waals surface area contributed by atoms with Gasteiger partial charge in [-0.15, -0.1) is 0 Å². The molecular weight excluding hydrogens is 448 g/mol. The Morgan fingerprint density at radius 3 is 2.31 bits per heavy atom. The molecule has 2 heterocycles. The number of hydrogen-bond acceptors (Lipinski definition) is 3. The van der Waals surface area contributed by atoms with Gasteiger partial charge in [-0.3, -0.25) is 14.2 Å². The summed E-state index contributed by atoms with van der Waals surface area (Å²) in [4.78, 5) is 27.4. The lowest BCUT2D eigenvalue weighted by atomic mass is 9.81. The quantitative estimate of drug-likeness (QED) is 0.452. The van der Waals surface area contributed by atoms with E-state index in [4.69, 9.17) is 4.74 Å². The Bertz CT molecular complexity index is 1330. The van der Waals surface area contributed by atoms with Crippen LogP contribution in [0.4, 0.5) is 0 Å². The van der Waals surface area contributed by atoms with E-state index in [1.165, 1.54) is 0 Å². The number of fused-ring (bicyclic) bond motifs is 3. The van der Waals surface area contributed by atoms with E-state index in [0.29, 0.717) is 6.42 Å². The molecule has 0 aliphatic carbocycles. The molecule has 2 aromatic carbocycles. The summed E-state index contributed by atoms with van der Waals surface area (Å²) in [6.45, 7) is 12.7. The summed E-state index contributed by atoms with van der Waals surface area (Å²) < 4.78 is 7.03. The minimum absolute atomic E-state index is 0.0562. The average Bonchev–Trinajstić information content (AvgIpc) is 3.15. The van der Waals surface area contributed by atoms with Crippen molar-refractivity contribution in [3.8, 4) is 17.0 Å². The minimum atomic E-state index is -0.691. The van der Waals surface area contributed by atoms with Crippen LogP contribution in [-0.4, -0.2) is 23.1 Å². The highest BCUT2D eigenvalue weighted by Crippen LogP contribution is 2.42. The molecule has 1 N–H and O–H groups in total. The smallest absolute Gasteiger partial charge is 0.252 e. The highest BCUT2D eigenvalue weighted by Gasteiger charge is 2.39. The number of nitrogens with zero attached hydrogens (tertiary/aromatic N) is 1. The van der Waals surface area contributed by atoms with Crippen LogP contribution in [0.3, 0.4) is 0 Å². The fourth-order valence-electron chi connectivity index (χ4n) is 5.84. The van der Waals surface area contributed by atoms with Crippen LogP contribution >= 0.6 is 0 Å². The molecule has 0 bridgehead atoms. The van der Waals surface area contributed by atoms with E-state index in [-0.39, 0.29) is 16.9 Å². The number of aromatic nitrogens is 1. The normalized spacial score (nSPS) is 14.8. The largest absolute Gasteiger partial charge is 0.497 e. The number of rotatable bonds is 7. The zero-order valence-electron chi connectivity index (χ0n) is 22.6. The van der Waals surface area contributed by atoms with Gasteiger partial charge in [0.05, 0.1) is 12.8 Å². The van der Waals surface area contributed by atoms with Crippen LogP contribution in [-0.2, 0) is 17.6 Å². The molecule has 0 fully saturated rings. The maximum absolute atomic E-state index is 13.8. The SMILES string of the molecule is CCc1cc(=O)n2c(c1Cc1ccc(OC)cc1)-c1ccccc1[C@@H]2C(=O)NC(C)(C)CC(C)(C)C. The minimum Gasteiger partial charge on any atom is -0.497 e. The molecule has 0 spiro atoms. The molecule has 0 radical (unpaired) electrons. The first-order valence-electron chi connectivity index (χ1n) is 12.8. The maximum Gasteiger partial charge on any atom is 0.252 e. The van der Waals surface area contributed by atoms with Gasteiger partial charge < -0.3 is 10.1 Å². The monoisotopic (exact) mass is 486 g/mol. The number of carbonyl (C=O) groups excluding carboxylic acids is 1. The first kappa shape index (κ1) is 25.7. The van der Waals surface area contributed by atoms with Crippen molar-refractivity contribution in [1.82, 2.24) is 9.88 Å². The Morgan fingerprint density at radius 1 is 1.03 bits per heavy atom. The lowest BCUT2D eigenvalue weighted by molar-refractivity contribution is -0.125. The molecule has 1 aliphatic rings. The Kier molecular flexibility index (Phi) is 6.87. The third-order valence-electron chi connectivity index (χ3n) is 6.82. The summed E-state index contributed by atoms with van der Waals surface area (Å²) in [6, 6.07) is 17.0. The molecule has 0 unspecified atom stereocenters. The predicted molar refractivity (Wildman–Crippen MR) is 146 cm³/mol. The van der Waals surface area contributed by atoms with Crippen LogP contribution in [0.2, 0.25) is 0 Å². The van der Waals surface area contributed by atoms with Gasteiger partial charge in [0.15, 0.2) is 0 Å². The van der Waals surface area contributed by atoms with Gasteiger partial charge in [0.2, 0.25) is 5.91 Å². The van der Waals surface area contributed by atoms with Crippen LogP contribution in [0.5, 0.6) is 5.75 Å². The van der Waals surface area contributed by atoms with Gasteiger partial charge in [-0.25, -0.2) is 0 Å². The van der Waals surface area contributed by atoms with Crippen LogP contribution in [0.15, 0.2) is 59.4 Å². The molecular formula is C31H38N2O3. The highest BCUT2D eigenvalue weighted by molar-refractivity contribution is 5.91. The van der Waals surface area contributed by atoms with Crippen molar-refractivity contribution < 1.29 is 9.53 Å². The van der Waals surface area contributed by atoms with Crippen LogP contribution in [0.1, 0.15) is 76.3 Å². The first-order chi connectivity index (χ1) is 16.9. The number of aryl methyl sites for hydroxylation is 1. The van der Waals surface area contributed by atoms with Crippen molar-refractivity contribution in [2.24, 2.45) is 5.41 Å². The third-order valence-corrected chi connectivity index (χ3v) is 6.82. The van der Waals surface area contributed by atoms with E-state index >= 15 is 0 Å². The van der Waals surface area contributed by atoms with Crippen LogP contribution in [0, 0.1) is 5.41 Å². The van der Waals surface area contributed by atoms with Crippen molar-refractivity contribution in [1.29, 1.82) is 0 Å². The second-order valence-electron chi connectivity index (χ2n) is 11.7. The molecule has 190 valence electrons. The van der Waals surface area contributed by atoms with E-state index < -0.39 is 11.6 Å². The van der Waals surface area contributed by atoms with E-state index in [9.17, 15) is 9.59 Å². The van der Waals surface area contributed by atoms with Gasteiger partial charge in [0.1, 0.15) is 11.8 Å². The number of amides is 1. The Hall–Kier alpha value is -3.34. The Labute approximate surface area is 214 Å². The lowest BCUT2D eigenvalue weighted by Gasteiger charge is -2.34. The number of ether oxygens (including phenoxy) is 1. The maximum atomic E-state index is 13.8. The van der Waals surface area contributed by atoms with E-state index in [2.05, 4.69) is 59.0 Å². The average molecular weight is 487 g/mol. The fourth-order valence-corrected chi connectivity index (χ4v) is 5.84. The van der Waals surface area contributed by atoms with Crippen molar-refractivity contribution in [2.75, 3.05) is 7.11 Å². The van der Waals surface area contributed by atoms with Crippen molar-refractivity contribution in [3.05, 3.63) is 87.2 Å². The molecule has 0 saturated heterocycles. The molecule has 1 aliphatic heterocycles. The van der Waals surface area contributed by atoms with Gasteiger partial charge in [0.25, 0.3) is 5.56 Å². The second-order valence-corrected chi connectivity index (χ2v) is 11.7. The summed E-state index contributed by atoms with van der Waals surface area (Å²) in [5.74, 6) is 0.668. The predicted octanol–water partition coefficient (Wildman–Crippen LogP) is 5.91. The van der Waals surface area contributed by atoms with Gasteiger partial charge in [-0.05, 0) is 72.9 Å². The van der Waals surface area contributed by atoms with Crippen molar-refractivity contribution in [2.45, 2.75) is 72.4 Å².